The number of hydrogen-bond donors (Lipinski definition) is 0. The predicted molar refractivity (Wildman–Crippen MR) is 102 cm³/mol. The molecular weight excluding hydrogens is 356 g/mol. The quantitative estimate of drug-likeness (QED) is 0.693. The Hall–Kier alpha value is -3.29. The second-order valence-corrected chi connectivity index (χ2v) is 6.98. The van der Waals surface area contributed by atoms with E-state index in [0.717, 1.165) is 18.4 Å². The van der Waals surface area contributed by atoms with Crippen LogP contribution in [0.15, 0.2) is 49.1 Å². The van der Waals surface area contributed by atoms with Crippen molar-refractivity contribution in [3.05, 3.63) is 60.3 Å². The van der Waals surface area contributed by atoms with Crippen molar-refractivity contribution >= 4 is 5.91 Å². The van der Waals surface area contributed by atoms with Crippen LogP contribution in [0.4, 0.5) is 0 Å². The highest BCUT2D eigenvalue weighted by molar-refractivity contribution is 5.96. The monoisotopic (exact) mass is 378 g/mol. The number of amides is 1. The number of aromatic nitrogens is 5. The van der Waals surface area contributed by atoms with Crippen molar-refractivity contribution in [2.24, 2.45) is 0 Å². The van der Waals surface area contributed by atoms with E-state index < -0.39 is 0 Å². The number of carbonyl (C=O) groups is 1. The van der Waals surface area contributed by atoms with E-state index in [0.29, 0.717) is 23.8 Å². The van der Waals surface area contributed by atoms with Crippen molar-refractivity contribution in [3.8, 4) is 11.6 Å². The molecule has 0 spiro atoms. The average Bonchev–Trinajstić information content (AvgIpc) is 3.24. The average molecular weight is 378 g/mol. The molecule has 1 aliphatic heterocycles. The van der Waals surface area contributed by atoms with Crippen molar-refractivity contribution in [3.63, 3.8) is 0 Å². The summed E-state index contributed by atoms with van der Waals surface area (Å²) in [7, 11) is 0. The Morgan fingerprint density at radius 2 is 1.93 bits per heavy atom. The van der Waals surface area contributed by atoms with Gasteiger partial charge >= 0.3 is 0 Å². The number of nitrogens with zero attached hydrogens (tertiary/aromatic N) is 6. The molecule has 0 radical (unpaired) electrons. The van der Waals surface area contributed by atoms with Crippen LogP contribution in [0.2, 0.25) is 0 Å². The van der Waals surface area contributed by atoms with Crippen LogP contribution in [0.3, 0.4) is 0 Å². The predicted octanol–water partition coefficient (Wildman–Crippen LogP) is 2.44. The molecule has 0 N–H and O–H groups in total. The van der Waals surface area contributed by atoms with E-state index in [2.05, 4.69) is 20.2 Å². The van der Waals surface area contributed by atoms with Gasteiger partial charge in [-0.25, -0.2) is 9.97 Å². The third kappa shape index (κ3) is 3.71. The Morgan fingerprint density at radius 1 is 1.11 bits per heavy atom. The maximum atomic E-state index is 13.3. The first-order valence-electron chi connectivity index (χ1n) is 9.34. The molecule has 3 aromatic rings. The van der Waals surface area contributed by atoms with E-state index in [1.165, 1.54) is 4.80 Å². The minimum Gasteiger partial charge on any atom is -0.472 e. The number of hydrogen-bond acceptors (Lipinski definition) is 6. The van der Waals surface area contributed by atoms with Crippen molar-refractivity contribution in [2.75, 3.05) is 6.54 Å². The van der Waals surface area contributed by atoms with E-state index >= 15 is 0 Å². The minimum absolute atomic E-state index is 0.0956. The zero-order valence-corrected chi connectivity index (χ0v) is 15.9. The molecule has 2 atom stereocenters. The molecule has 0 saturated carbocycles. The van der Waals surface area contributed by atoms with Gasteiger partial charge in [-0.1, -0.05) is 0 Å². The maximum absolute atomic E-state index is 13.3. The van der Waals surface area contributed by atoms with Gasteiger partial charge in [0, 0.05) is 24.5 Å². The first kappa shape index (κ1) is 18.1. The van der Waals surface area contributed by atoms with E-state index in [4.69, 9.17) is 4.74 Å². The van der Waals surface area contributed by atoms with Gasteiger partial charge in [0.25, 0.3) is 5.91 Å². The van der Waals surface area contributed by atoms with Crippen LogP contribution in [-0.2, 0) is 0 Å². The zero-order chi connectivity index (χ0) is 19.5. The molecule has 3 aromatic heterocycles. The smallest absolute Gasteiger partial charge is 0.275 e. The molecule has 28 heavy (non-hydrogen) atoms. The summed E-state index contributed by atoms with van der Waals surface area (Å²) < 4.78 is 6.05. The lowest BCUT2D eigenvalue weighted by Gasteiger charge is -2.37. The summed E-state index contributed by atoms with van der Waals surface area (Å²) in [4.78, 5) is 25.1. The van der Waals surface area contributed by atoms with Gasteiger partial charge in [-0.15, -0.1) is 4.80 Å². The summed E-state index contributed by atoms with van der Waals surface area (Å²) >= 11 is 0. The van der Waals surface area contributed by atoms with Gasteiger partial charge in [-0.3, -0.25) is 4.79 Å². The molecule has 8 heteroatoms. The molecule has 0 aromatic carbocycles. The summed E-state index contributed by atoms with van der Waals surface area (Å²) in [5, 5.41) is 8.27. The summed E-state index contributed by atoms with van der Waals surface area (Å²) in [5.41, 5.74) is 1.99. The summed E-state index contributed by atoms with van der Waals surface area (Å²) in [6.07, 6.45) is 8.10. The normalized spacial score (nSPS) is 19.4. The Labute approximate surface area is 163 Å². The minimum atomic E-state index is -0.147. The molecule has 0 aliphatic carbocycles. The van der Waals surface area contributed by atoms with Crippen LogP contribution in [0.1, 0.15) is 35.8 Å². The van der Waals surface area contributed by atoms with Gasteiger partial charge in [-0.05, 0) is 50.5 Å². The van der Waals surface area contributed by atoms with Gasteiger partial charge in [0.1, 0.15) is 11.8 Å². The number of piperidine rings is 1. The maximum Gasteiger partial charge on any atom is 0.275 e. The molecule has 4 heterocycles. The molecule has 1 aliphatic rings. The third-order valence-corrected chi connectivity index (χ3v) is 4.90. The lowest BCUT2D eigenvalue weighted by atomic mass is 10.0. The van der Waals surface area contributed by atoms with Gasteiger partial charge in [0.2, 0.25) is 5.88 Å². The standard InChI is InChI=1S/C20H22N6O2/c1-14-7-9-21-18(12-14)28-16-6-5-15(2)25(13-16)20(27)19-17(4-3-8-22-19)26-23-10-11-24-26/h3-4,7-12,15-16H,5-6,13H2,1-2H3/t15-,16-/m1/s1. The van der Waals surface area contributed by atoms with E-state index in [1.54, 1.807) is 36.9 Å². The number of carbonyl (C=O) groups excluding carboxylic acids is 1. The van der Waals surface area contributed by atoms with Crippen molar-refractivity contribution < 1.29 is 9.53 Å². The van der Waals surface area contributed by atoms with Gasteiger partial charge < -0.3 is 9.64 Å². The fraction of sp³-hybridized carbons (Fsp3) is 0.350. The number of likely N-dealkylation sites (tertiary alicyclic amines) is 1. The van der Waals surface area contributed by atoms with Gasteiger partial charge in [-0.2, -0.15) is 10.2 Å². The topological polar surface area (TPSA) is 86.0 Å². The summed E-state index contributed by atoms with van der Waals surface area (Å²) in [6, 6.07) is 7.49. The Bertz CT molecular complexity index is 959. The molecule has 0 unspecified atom stereocenters. The van der Waals surface area contributed by atoms with Crippen molar-refractivity contribution in [2.45, 2.75) is 38.8 Å². The Morgan fingerprint density at radius 3 is 2.71 bits per heavy atom. The molecule has 8 nitrogen and oxygen atoms in total. The molecular formula is C20H22N6O2. The van der Waals surface area contributed by atoms with Crippen LogP contribution in [-0.4, -0.2) is 54.5 Å². The van der Waals surface area contributed by atoms with Crippen molar-refractivity contribution in [1.29, 1.82) is 0 Å². The highest BCUT2D eigenvalue weighted by Gasteiger charge is 2.32. The lowest BCUT2D eigenvalue weighted by molar-refractivity contribution is 0.0367. The van der Waals surface area contributed by atoms with Crippen LogP contribution < -0.4 is 4.74 Å². The highest BCUT2D eigenvalue weighted by atomic mass is 16.5. The molecule has 1 saturated heterocycles. The Balaban J connectivity index is 1.55. The second kappa shape index (κ2) is 7.75. The molecule has 0 bridgehead atoms. The molecule has 144 valence electrons. The van der Waals surface area contributed by atoms with E-state index in [9.17, 15) is 4.79 Å². The van der Waals surface area contributed by atoms with Crippen LogP contribution >= 0.6 is 0 Å². The van der Waals surface area contributed by atoms with Gasteiger partial charge in [0.05, 0.1) is 18.9 Å². The number of ether oxygens (including phenoxy) is 1. The second-order valence-electron chi connectivity index (χ2n) is 6.98. The van der Waals surface area contributed by atoms with E-state index in [-0.39, 0.29) is 18.1 Å². The van der Waals surface area contributed by atoms with E-state index in [1.807, 2.05) is 30.9 Å². The third-order valence-electron chi connectivity index (χ3n) is 4.90. The summed E-state index contributed by atoms with van der Waals surface area (Å²) in [6.45, 7) is 4.53. The number of aryl methyl sites for hydroxylation is 1. The fourth-order valence-corrected chi connectivity index (χ4v) is 3.40. The summed E-state index contributed by atoms with van der Waals surface area (Å²) in [5.74, 6) is 0.442. The fourth-order valence-electron chi connectivity index (χ4n) is 3.40. The number of pyridine rings is 2. The highest BCUT2D eigenvalue weighted by Crippen LogP contribution is 2.24. The SMILES string of the molecule is Cc1ccnc(O[C@@H]2CC[C@@H](C)N(C(=O)c3ncccc3-n3nccn3)C2)c1. The van der Waals surface area contributed by atoms with Crippen LogP contribution in [0.5, 0.6) is 5.88 Å². The first-order valence-corrected chi connectivity index (χ1v) is 9.34. The lowest BCUT2D eigenvalue weighted by Crippen LogP contribution is -2.49. The largest absolute Gasteiger partial charge is 0.472 e. The molecule has 1 amide bonds. The van der Waals surface area contributed by atoms with Crippen LogP contribution in [0, 0.1) is 6.92 Å². The zero-order valence-electron chi connectivity index (χ0n) is 15.9. The van der Waals surface area contributed by atoms with Gasteiger partial charge in [0.15, 0.2) is 5.69 Å². The number of rotatable bonds is 4. The Kier molecular flexibility index (Phi) is 5.01. The molecule has 1 fully saturated rings. The van der Waals surface area contributed by atoms with Crippen LogP contribution in [0.25, 0.3) is 5.69 Å². The van der Waals surface area contributed by atoms with Crippen molar-refractivity contribution in [1.82, 2.24) is 29.9 Å². The molecule has 4 rings (SSSR count). The first-order chi connectivity index (χ1) is 13.6.